The van der Waals surface area contributed by atoms with Gasteiger partial charge in [0.2, 0.25) is 5.82 Å². The van der Waals surface area contributed by atoms with Crippen LogP contribution in [-0.2, 0) is 0 Å². The van der Waals surface area contributed by atoms with E-state index in [2.05, 4.69) is 46.0 Å². The van der Waals surface area contributed by atoms with E-state index in [1.54, 1.807) is 24.5 Å². The molecule has 3 heterocycles. The summed E-state index contributed by atoms with van der Waals surface area (Å²) in [4.78, 5) is 28.1. The van der Waals surface area contributed by atoms with Gasteiger partial charge in [-0.2, -0.15) is 4.98 Å². The van der Waals surface area contributed by atoms with Crippen LogP contribution >= 0.6 is 15.9 Å². The van der Waals surface area contributed by atoms with E-state index in [0.717, 1.165) is 4.47 Å². The maximum absolute atomic E-state index is 11.5. The minimum atomic E-state index is -0.296. The van der Waals surface area contributed by atoms with Crippen LogP contribution in [0.2, 0.25) is 0 Å². The van der Waals surface area contributed by atoms with Gasteiger partial charge in [-0.25, -0.2) is 9.78 Å². The zero-order valence-electron chi connectivity index (χ0n) is 10.3. The highest BCUT2D eigenvalue weighted by Crippen LogP contribution is 2.29. The van der Waals surface area contributed by atoms with E-state index in [9.17, 15) is 4.79 Å². The molecule has 0 bridgehead atoms. The maximum Gasteiger partial charge on any atom is 0.323 e. The molecule has 21 heavy (non-hydrogen) atoms. The summed E-state index contributed by atoms with van der Waals surface area (Å²) in [7, 11) is 0. The van der Waals surface area contributed by atoms with E-state index in [1.807, 2.05) is 0 Å². The highest BCUT2D eigenvalue weighted by atomic mass is 79.9. The average molecular weight is 347 g/mol. The minimum Gasteiger partial charge on any atom is -0.342 e. The highest BCUT2D eigenvalue weighted by Gasteiger charge is 2.16. The van der Waals surface area contributed by atoms with Gasteiger partial charge in [-0.3, -0.25) is 0 Å². The molecule has 0 unspecified atom stereocenters. The number of hydrogen-bond acceptors (Lipinski definition) is 5. The Morgan fingerprint density at radius 1 is 1.24 bits per heavy atom. The molecule has 0 radical (unpaired) electrons. The fraction of sp³-hybridized carbons (Fsp3) is 0. The van der Waals surface area contributed by atoms with Gasteiger partial charge in [0.15, 0.2) is 5.82 Å². The molecule has 4 aromatic rings. The Bertz CT molecular complexity index is 981. The van der Waals surface area contributed by atoms with Crippen LogP contribution in [0.15, 0.2) is 38.3 Å². The fourth-order valence-corrected chi connectivity index (χ4v) is 2.55. The number of benzene rings is 1. The molecular formula is C12H7BrN6O2. The zero-order valence-corrected chi connectivity index (χ0v) is 11.9. The standard InChI is InChI=1S/C12H7BrN6O2/c13-5-3-6(8-7(4-5)16-12(20)17-8)11-18-10(19-21-11)9-14-1-2-15-9/h1-4H,(H,14,15)(H2,16,17,20). The number of halogens is 1. The average Bonchev–Trinajstić information content (AvgIpc) is 3.16. The predicted molar refractivity (Wildman–Crippen MR) is 77.5 cm³/mol. The second-order valence-corrected chi connectivity index (χ2v) is 5.23. The molecule has 0 saturated carbocycles. The highest BCUT2D eigenvalue weighted by molar-refractivity contribution is 9.10. The number of hydrogen-bond donors (Lipinski definition) is 3. The van der Waals surface area contributed by atoms with Crippen LogP contribution < -0.4 is 5.69 Å². The summed E-state index contributed by atoms with van der Waals surface area (Å²) in [6.07, 6.45) is 3.28. The van der Waals surface area contributed by atoms with E-state index in [1.165, 1.54) is 0 Å². The quantitative estimate of drug-likeness (QED) is 0.513. The molecule has 104 valence electrons. The van der Waals surface area contributed by atoms with Crippen LogP contribution in [0.5, 0.6) is 0 Å². The Morgan fingerprint density at radius 3 is 2.95 bits per heavy atom. The molecule has 0 amide bonds. The number of aromatic nitrogens is 6. The topological polar surface area (TPSA) is 116 Å². The van der Waals surface area contributed by atoms with E-state index in [-0.39, 0.29) is 5.69 Å². The van der Waals surface area contributed by atoms with Gasteiger partial charge in [0.1, 0.15) is 0 Å². The normalized spacial score (nSPS) is 11.3. The molecule has 0 aliphatic rings. The molecule has 0 aliphatic carbocycles. The summed E-state index contributed by atoms with van der Waals surface area (Å²) in [5.74, 6) is 1.16. The summed E-state index contributed by atoms with van der Waals surface area (Å²) >= 11 is 3.39. The second kappa shape index (κ2) is 4.42. The van der Waals surface area contributed by atoms with Crippen molar-refractivity contribution in [3.63, 3.8) is 0 Å². The van der Waals surface area contributed by atoms with Crippen molar-refractivity contribution in [2.24, 2.45) is 0 Å². The molecule has 4 rings (SSSR count). The third-order valence-electron chi connectivity index (χ3n) is 2.96. The summed E-state index contributed by atoms with van der Waals surface area (Å²) in [5, 5.41) is 3.88. The number of rotatable bonds is 2. The Kier molecular flexibility index (Phi) is 2.54. The first-order valence-corrected chi connectivity index (χ1v) is 6.75. The molecule has 3 N–H and O–H groups in total. The smallest absolute Gasteiger partial charge is 0.323 e. The summed E-state index contributed by atoms with van der Waals surface area (Å²) in [6.45, 7) is 0. The molecule has 0 fully saturated rings. The number of nitrogens with zero attached hydrogens (tertiary/aromatic N) is 3. The first-order chi connectivity index (χ1) is 10.2. The summed E-state index contributed by atoms with van der Waals surface area (Å²) < 4.78 is 6.06. The van der Waals surface area contributed by atoms with Crippen LogP contribution in [0.4, 0.5) is 0 Å². The van der Waals surface area contributed by atoms with Gasteiger partial charge in [-0.15, -0.1) is 0 Å². The number of fused-ring (bicyclic) bond motifs is 1. The van der Waals surface area contributed by atoms with Crippen LogP contribution in [0.25, 0.3) is 34.1 Å². The summed E-state index contributed by atoms with van der Waals surface area (Å²) in [5.41, 5.74) is 1.60. The molecular weight excluding hydrogens is 340 g/mol. The van der Waals surface area contributed by atoms with Crippen molar-refractivity contribution in [3.8, 4) is 23.1 Å². The Balaban J connectivity index is 1.92. The van der Waals surface area contributed by atoms with Crippen molar-refractivity contribution in [2.45, 2.75) is 0 Å². The lowest BCUT2D eigenvalue weighted by atomic mass is 10.2. The Hall–Kier alpha value is -2.68. The Morgan fingerprint density at radius 2 is 2.14 bits per heavy atom. The minimum absolute atomic E-state index is 0.294. The van der Waals surface area contributed by atoms with Crippen molar-refractivity contribution in [3.05, 3.63) is 39.5 Å². The van der Waals surface area contributed by atoms with Crippen molar-refractivity contribution in [2.75, 3.05) is 0 Å². The van der Waals surface area contributed by atoms with Gasteiger partial charge in [0.25, 0.3) is 5.89 Å². The number of nitrogens with one attached hydrogen (secondary N) is 3. The maximum atomic E-state index is 11.5. The SMILES string of the molecule is O=c1[nH]c2cc(Br)cc(-c3nc(-c4ncc[nH]4)no3)c2[nH]1. The lowest BCUT2D eigenvalue weighted by Gasteiger charge is -1.98. The van der Waals surface area contributed by atoms with E-state index in [4.69, 9.17) is 4.52 Å². The number of imidazole rings is 2. The molecule has 0 saturated heterocycles. The van der Waals surface area contributed by atoms with Gasteiger partial charge in [0.05, 0.1) is 16.6 Å². The molecule has 0 aliphatic heterocycles. The first-order valence-electron chi connectivity index (χ1n) is 5.96. The molecule has 3 aromatic heterocycles. The molecule has 9 heteroatoms. The molecule has 1 aromatic carbocycles. The largest absolute Gasteiger partial charge is 0.342 e. The van der Waals surface area contributed by atoms with Gasteiger partial charge < -0.3 is 19.5 Å². The van der Waals surface area contributed by atoms with Crippen LogP contribution in [0.3, 0.4) is 0 Å². The van der Waals surface area contributed by atoms with Crippen molar-refractivity contribution in [1.82, 2.24) is 30.1 Å². The van der Waals surface area contributed by atoms with Crippen LogP contribution in [0, 0.1) is 0 Å². The third kappa shape index (κ3) is 1.98. The first kappa shape index (κ1) is 12.1. The van der Waals surface area contributed by atoms with E-state index in [0.29, 0.717) is 34.1 Å². The van der Waals surface area contributed by atoms with Crippen LogP contribution in [0.1, 0.15) is 0 Å². The molecule has 8 nitrogen and oxygen atoms in total. The molecule has 0 spiro atoms. The van der Waals surface area contributed by atoms with Gasteiger partial charge in [-0.1, -0.05) is 21.1 Å². The van der Waals surface area contributed by atoms with E-state index >= 15 is 0 Å². The van der Waals surface area contributed by atoms with Crippen molar-refractivity contribution >= 4 is 27.0 Å². The lowest BCUT2D eigenvalue weighted by molar-refractivity contribution is 0.432. The zero-order chi connectivity index (χ0) is 14.4. The lowest BCUT2D eigenvalue weighted by Crippen LogP contribution is -1.99. The van der Waals surface area contributed by atoms with Gasteiger partial charge in [0, 0.05) is 16.9 Å². The second-order valence-electron chi connectivity index (χ2n) is 4.32. The monoisotopic (exact) mass is 346 g/mol. The van der Waals surface area contributed by atoms with Crippen molar-refractivity contribution < 1.29 is 4.52 Å². The number of aromatic amines is 3. The van der Waals surface area contributed by atoms with E-state index < -0.39 is 0 Å². The summed E-state index contributed by atoms with van der Waals surface area (Å²) in [6, 6.07) is 3.59. The fourth-order valence-electron chi connectivity index (χ4n) is 2.09. The molecule has 0 atom stereocenters. The van der Waals surface area contributed by atoms with Crippen LogP contribution in [-0.4, -0.2) is 30.1 Å². The third-order valence-corrected chi connectivity index (χ3v) is 3.41. The number of H-pyrrole nitrogens is 3. The van der Waals surface area contributed by atoms with Gasteiger partial charge in [-0.05, 0) is 12.1 Å². The predicted octanol–water partition coefficient (Wildman–Crippen LogP) is 2.06. The van der Waals surface area contributed by atoms with Gasteiger partial charge >= 0.3 is 5.69 Å². The van der Waals surface area contributed by atoms with Crippen molar-refractivity contribution in [1.29, 1.82) is 0 Å². The Labute approximate surface area is 124 Å².